The number of rotatable bonds is 46. The number of benzene rings is 2. The Kier molecular flexibility index (Phi) is 32.0. The zero-order valence-corrected chi connectivity index (χ0v) is 59.1. The topological polar surface area (TPSA) is 146 Å². The van der Waals surface area contributed by atoms with E-state index in [2.05, 4.69) is 73.4 Å². The molecule has 16 heteroatoms. The summed E-state index contributed by atoms with van der Waals surface area (Å²) in [4.78, 5) is 90.3. The third kappa shape index (κ3) is 22.0. The van der Waals surface area contributed by atoms with E-state index in [1.165, 1.54) is 135 Å². The van der Waals surface area contributed by atoms with Gasteiger partial charge in [0, 0.05) is 55.9 Å². The molecule has 4 aromatic rings. The fraction of sp³-hybridized carbons (Fsp3) is 0.667. The average molecular weight is 1380 g/mol. The van der Waals surface area contributed by atoms with E-state index in [0.717, 1.165) is 94.4 Å². The molecule has 4 heterocycles. The van der Waals surface area contributed by atoms with Gasteiger partial charge in [-0.1, -0.05) is 169 Å². The second-order valence-corrected chi connectivity index (χ2v) is 30.3. The highest BCUT2D eigenvalue weighted by molar-refractivity contribution is 9.11. The standard InChI is InChI=1S/C72H104Br2N2O10S2/c1-7-11-15-19-23-31-43-71(5,44-32-24-20-16-12-8-2)85-69(81)83-49-37-29-27-35-47-75-65(77)55-51-54(58-40-42-60(74)88-58)64-62-56(52-53(57-39-41-59(73)87-57)63(61(55)62)67(75)79)66(78)76(68(64)80)48-36-28-30-38-50-84-70(82)86-72(6,45-33-25-21-17-13-9-3)46-34-26-22-18-14-10-4/h39-42,51-52H,7-38,43-50H2,1-6H3. The summed E-state index contributed by atoms with van der Waals surface area (Å²) in [6, 6.07) is 11.1. The van der Waals surface area contributed by atoms with Crippen LogP contribution in [-0.2, 0) is 18.9 Å². The van der Waals surface area contributed by atoms with E-state index in [4.69, 9.17) is 18.9 Å². The van der Waals surface area contributed by atoms with Gasteiger partial charge in [0.25, 0.3) is 23.6 Å². The van der Waals surface area contributed by atoms with Crippen LogP contribution in [0, 0.1) is 0 Å². The maximum atomic E-state index is 15.0. The van der Waals surface area contributed by atoms with Crippen molar-refractivity contribution in [3.63, 3.8) is 0 Å². The Labute approximate surface area is 552 Å². The predicted molar refractivity (Wildman–Crippen MR) is 367 cm³/mol. The van der Waals surface area contributed by atoms with Gasteiger partial charge < -0.3 is 18.9 Å². The van der Waals surface area contributed by atoms with Gasteiger partial charge in [0.15, 0.2) is 0 Å². The molecule has 0 N–H and O–H groups in total. The van der Waals surface area contributed by atoms with Crippen LogP contribution >= 0.6 is 54.5 Å². The van der Waals surface area contributed by atoms with Gasteiger partial charge in [-0.25, -0.2) is 9.59 Å². The second-order valence-electron chi connectivity index (χ2n) is 25.4. The van der Waals surface area contributed by atoms with E-state index in [1.54, 1.807) is 12.1 Å². The molecule has 0 fully saturated rings. The Morgan fingerprint density at radius 1 is 0.398 bits per heavy atom. The largest absolute Gasteiger partial charge is 0.508 e. The smallest absolute Gasteiger partial charge is 0.434 e. The lowest BCUT2D eigenvalue weighted by atomic mass is 9.80. The fourth-order valence-electron chi connectivity index (χ4n) is 12.7. The maximum Gasteiger partial charge on any atom is 0.508 e. The maximum absolute atomic E-state index is 15.0. The molecule has 0 radical (unpaired) electrons. The normalized spacial score (nSPS) is 13.4. The van der Waals surface area contributed by atoms with Gasteiger partial charge in [0.2, 0.25) is 0 Å². The summed E-state index contributed by atoms with van der Waals surface area (Å²) in [5.74, 6) is -1.87. The Morgan fingerprint density at radius 3 is 1.00 bits per heavy atom. The third-order valence-corrected chi connectivity index (χ3v) is 21.2. The third-order valence-electron chi connectivity index (χ3n) is 17.8. The lowest BCUT2D eigenvalue weighted by Gasteiger charge is -2.34. The van der Waals surface area contributed by atoms with E-state index >= 15 is 9.59 Å². The van der Waals surface area contributed by atoms with Gasteiger partial charge in [-0.2, -0.15) is 0 Å². The quantitative estimate of drug-likeness (QED) is 0.0238. The summed E-state index contributed by atoms with van der Waals surface area (Å²) >= 11 is 10.1. The molecule has 2 aromatic heterocycles. The van der Waals surface area contributed by atoms with Crippen LogP contribution in [0.15, 0.2) is 44.0 Å². The number of hydrogen-bond donors (Lipinski definition) is 0. The number of halogens is 2. The van der Waals surface area contributed by atoms with Crippen LogP contribution < -0.4 is 0 Å². The molecule has 0 unspecified atom stereocenters. The van der Waals surface area contributed by atoms with Crippen molar-refractivity contribution in [1.29, 1.82) is 0 Å². The highest BCUT2D eigenvalue weighted by Crippen LogP contribution is 2.49. The molecule has 6 rings (SSSR count). The lowest BCUT2D eigenvalue weighted by molar-refractivity contribution is -0.0382. The molecule has 0 bridgehead atoms. The number of ether oxygens (including phenoxy) is 4. The van der Waals surface area contributed by atoms with Gasteiger partial charge in [-0.15, -0.1) is 22.7 Å². The van der Waals surface area contributed by atoms with Crippen molar-refractivity contribution in [3.05, 3.63) is 66.2 Å². The van der Waals surface area contributed by atoms with Crippen molar-refractivity contribution in [2.45, 2.75) is 284 Å². The number of thiophene rings is 2. The summed E-state index contributed by atoms with van der Waals surface area (Å²) in [6.45, 7) is 13.8. The minimum Gasteiger partial charge on any atom is -0.434 e. The molecule has 2 aliphatic rings. The van der Waals surface area contributed by atoms with Crippen molar-refractivity contribution >= 4 is 101 Å². The Balaban J connectivity index is 1.08. The van der Waals surface area contributed by atoms with E-state index < -0.39 is 47.1 Å². The highest BCUT2D eigenvalue weighted by Gasteiger charge is 2.43. The zero-order valence-electron chi connectivity index (χ0n) is 54.3. The number of amides is 4. The minimum absolute atomic E-state index is 0.160. The van der Waals surface area contributed by atoms with Crippen LogP contribution in [0.3, 0.4) is 0 Å². The SMILES string of the molecule is CCCCCCCCC(C)(CCCCCCCC)OC(=O)OCCCCCCN1C(=O)c2cc(-c3ccc(Br)s3)c3c4c(cc(-c5ccc(Br)s5)c(c24)C1=O)C(=O)N(CCCCCCOC(=O)OC(C)(CCCCCCCC)CCCCCCCC)C3=O. The molecule has 0 aliphatic carbocycles. The molecule has 488 valence electrons. The highest BCUT2D eigenvalue weighted by atomic mass is 79.9. The van der Waals surface area contributed by atoms with Gasteiger partial charge in [-0.3, -0.25) is 29.0 Å². The number of hydrogen-bond acceptors (Lipinski definition) is 12. The van der Waals surface area contributed by atoms with Crippen molar-refractivity contribution in [1.82, 2.24) is 9.80 Å². The first-order valence-electron chi connectivity index (χ1n) is 34.2. The molecule has 12 nitrogen and oxygen atoms in total. The molecule has 2 aliphatic heterocycles. The van der Waals surface area contributed by atoms with Crippen molar-refractivity contribution < 1.29 is 47.7 Å². The van der Waals surface area contributed by atoms with Crippen molar-refractivity contribution in [2.75, 3.05) is 26.3 Å². The van der Waals surface area contributed by atoms with E-state index in [0.29, 0.717) is 84.4 Å². The Hall–Kier alpha value is -4.12. The van der Waals surface area contributed by atoms with Crippen LogP contribution in [0.25, 0.3) is 31.7 Å². The van der Waals surface area contributed by atoms with Crippen LogP contribution in [0.5, 0.6) is 0 Å². The molecular formula is C72H104Br2N2O10S2. The first kappa shape index (κ1) is 72.9. The summed E-state index contributed by atoms with van der Waals surface area (Å²) in [5.41, 5.74) is 1.10. The summed E-state index contributed by atoms with van der Waals surface area (Å²) in [5, 5.41) is 0.670. The summed E-state index contributed by atoms with van der Waals surface area (Å²) in [7, 11) is 0. The number of nitrogens with zero attached hydrogens (tertiary/aromatic N) is 2. The molecule has 0 spiro atoms. The van der Waals surface area contributed by atoms with Crippen LogP contribution in [0.1, 0.15) is 314 Å². The first-order valence-corrected chi connectivity index (χ1v) is 37.4. The van der Waals surface area contributed by atoms with Crippen molar-refractivity contribution in [3.8, 4) is 20.9 Å². The average Bonchev–Trinajstić information content (AvgIpc) is 0.826. The van der Waals surface area contributed by atoms with Crippen LogP contribution in [0.4, 0.5) is 9.59 Å². The summed E-state index contributed by atoms with van der Waals surface area (Å²) < 4.78 is 25.1. The first-order chi connectivity index (χ1) is 42.6. The molecule has 0 saturated heterocycles. The molecule has 0 saturated carbocycles. The number of carbonyl (C=O) groups excluding carboxylic acids is 6. The minimum atomic E-state index is -0.619. The number of unbranched alkanes of at least 4 members (excludes halogenated alkanes) is 26. The molecule has 88 heavy (non-hydrogen) atoms. The van der Waals surface area contributed by atoms with Gasteiger partial charge in [0.1, 0.15) is 11.2 Å². The van der Waals surface area contributed by atoms with E-state index in [9.17, 15) is 19.2 Å². The Morgan fingerprint density at radius 2 is 0.693 bits per heavy atom. The molecule has 2 aromatic carbocycles. The van der Waals surface area contributed by atoms with Crippen LogP contribution in [-0.4, -0.2) is 83.2 Å². The molecule has 4 amide bonds. The zero-order chi connectivity index (χ0) is 63.3. The molecular weight excluding hydrogens is 1280 g/mol. The lowest BCUT2D eigenvalue weighted by Crippen LogP contribution is -2.44. The van der Waals surface area contributed by atoms with Gasteiger partial charge >= 0.3 is 12.3 Å². The Bertz CT molecular complexity index is 2640. The van der Waals surface area contributed by atoms with Crippen LogP contribution in [0.2, 0.25) is 0 Å². The van der Waals surface area contributed by atoms with Gasteiger partial charge in [0.05, 0.1) is 31.9 Å². The summed E-state index contributed by atoms with van der Waals surface area (Å²) in [6.07, 6.45) is 35.4. The van der Waals surface area contributed by atoms with Crippen molar-refractivity contribution in [2.24, 2.45) is 0 Å². The number of imide groups is 2. The predicted octanol–water partition coefficient (Wildman–Crippen LogP) is 23.0. The molecule has 0 atom stereocenters. The monoisotopic (exact) mass is 1380 g/mol. The van der Waals surface area contributed by atoms with Gasteiger partial charge in [-0.05, 0) is 172 Å². The van der Waals surface area contributed by atoms with E-state index in [1.807, 2.05) is 24.3 Å². The second kappa shape index (κ2) is 38.7. The van der Waals surface area contributed by atoms with E-state index in [-0.39, 0.29) is 37.4 Å². The fourth-order valence-corrected chi connectivity index (χ4v) is 15.5. The number of carbonyl (C=O) groups is 6.